The summed E-state index contributed by atoms with van der Waals surface area (Å²) < 4.78 is 15.3. The Morgan fingerprint density at radius 1 is 0.938 bits per heavy atom. The molecule has 158 valence electrons. The summed E-state index contributed by atoms with van der Waals surface area (Å²) in [5.74, 6) is 0.970. The third-order valence-electron chi connectivity index (χ3n) is 5.36. The van der Waals surface area contributed by atoms with Crippen molar-refractivity contribution < 1.29 is 4.39 Å². The average molecular weight is 442 g/mol. The first-order valence-corrected chi connectivity index (χ1v) is 11.1. The normalized spacial score (nSPS) is 12.1. The van der Waals surface area contributed by atoms with Gasteiger partial charge in [-0.25, -0.2) is 19.9 Å². The molecule has 5 nitrogen and oxygen atoms in total. The first-order chi connectivity index (χ1) is 15.6. The summed E-state index contributed by atoms with van der Waals surface area (Å²) in [7, 11) is 0. The van der Waals surface area contributed by atoms with E-state index in [1.807, 2.05) is 55.0 Å². The molecular weight excluding hydrogens is 421 g/mol. The Bertz CT molecular complexity index is 1410. The van der Waals surface area contributed by atoms with Crippen LogP contribution in [0.4, 0.5) is 10.2 Å². The van der Waals surface area contributed by atoms with Gasteiger partial charge in [0.1, 0.15) is 11.6 Å². The van der Waals surface area contributed by atoms with E-state index in [0.717, 1.165) is 38.3 Å². The molecular formula is C25H20FN5S. The lowest BCUT2D eigenvalue weighted by atomic mass is 10.0. The lowest BCUT2D eigenvalue weighted by Crippen LogP contribution is -2.10. The molecule has 0 spiro atoms. The van der Waals surface area contributed by atoms with Crippen LogP contribution in [0.5, 0.6) is 0 Å². The second-order valence-electron chi connectivity index (χ2n) is 7.55. The van der Waals surface area contributed by atoms with Crippen LogP contribution >= 0.6 is 11.3 Å². The molecule has 3 aromatic heterocycles. The van der Waals surface area contributed by atoms with E-state index in [1.165, 1.54) is 6.20 Å². The van der Waals surface area contributed by atoms with E-state index in [9.17, 15) is 4.39 Å². The number of aromatic nitrogens is 4. The number of nitrogens with one attached hydrogen (secondary N) is 1. The van der Waals surface area contributed by atoms with E-state index in [-0.39, 0.29) is 6.04 Å². The molecule has 0 aliphatic heterocycles. The highest BCUT2D eigenvalue weighted by atomic mass is 32.1. The maximum Gasteiger partial charge on any atom is 0.220 e. The first-order valence-electron chi connectivity index (χ1n) is 10.2. The number of nitrogens with zero attached hydrogens (tertiary/aromatic N) is 4. The molecule has 3 heterocycles. The molecule has 1 N–H and O–H groups in total. The summed E-state index contributed by atoms with van der Waals surface area (Å²) in [5.41, 5.74) is 7.07. The number of halogens is 1. The van der Waals surface area contributed by atoms with Crippen molar-refractivity contribution in [3.8, 4) is 22.3 Å². The minimum atomic E-state index is -0.475. The van der Waals surface area contributed by atoms with Gasteiger partial charge < -0.3 is 5.32 Å². The summed E-state index contributed by atoms with van der Waals surface area (Å²) in [4.78, 5) is 17.2. The van der Waals surface area contributed by atoms with Crippen LogP contribution in [0.15, 0.2) is 72.5 Å². The van der Waals surface area contributed by atoms with Gasteiger partial charge in [-0.3, -0.25) is 0 Å². The number of thiazole rings is 1. The summed E-state index contributed by atoms with van der Waals surface area (Å²) >= 11 is 1.61. The van der Waals surface area contributed by atoms with Crippen molar-refractivity contribution in [2.24, 2.45) is 0 Å². The summed E-state index contributed by atoms with van der Waals surface area (Å²) in [6.07, 6.45) is 3.30. The van der Waals surface area contributed by atoms with Crippen LogP contribution in [-0.2, 0) is 0 Å². The van der Waals surface area contributed by atoms with Crippen LogP contribution in [0, 0.1) is 12.9 Å². The Kier molecular flexibility index (Phi) is 5.33. The standard InChI is InChI=1S/C25H20FN5S/c1-15(17-5-3-6-18(11-17)20-7-4-10-27-24(20)26)30-25-21(13-28-16(2)31-25)19-8-9-22-23(12-19)32-14-29-22/h3-15H,1-2H3,(H,28,30,31). The summed E-state index contributed by atoms with van der Waals surface area (Å²) in [6.45, 7) is 3.93. The Morgan fingerprint density at radius 2 is 1.81 bits per heavy atom. The monoisotopic (exact) mass is 441 g/mol. The van der Waals surface area contributed by atoms with Gasteiger partial charge in [0.15, 0.2) is 0 Å². The van der Waals surface area contributed by atoms with Crippen molar-refractivity contribution in [1.82, 2.24) is 19.9 Å². The van der Waals surface area contributed by atoms with Gasteiger partial charge in [-0.1, -0.05) is 24.3 Å². The number of anilines is 1. The molecule has 1 unspecified atom stereocenters. The maximum absolute atomic E-state index is 14.2. The van der Waals surface area contributed by atoms with E-state index in [4.69, 9.17) is 0 Å². The van der Waals surface area contributed by atoms with Gasteiger partial charge >= 0.3 is 0 Å². The zero-order valence-corrected chi connectivity index (χ0v) is 18.4. The fraction of sp³-hybridized carbons (Fsp3) is 0.120. The molecule has 32 heavy (non-hydrogen) atoms. The predicted molar refractivity (Wildman–Crippen MR) is 127 cm³/mol. The third-order valence-corrected chi connectivity index (χ3v) is 6.15. The Labute approximate surface area is 189 Å². The molecule has 2 aromatic carbocycles. The predicted octanol–water partition coefficient (Wildman–Crippen LogP) is 6.44. The minimum absolute atomic E-state index is 0.0603. The van der Waals surface area contributed by atoms with Crippen LogP contribution in [0.2, 0.25) is 0 Å². The van der Waals surface area contributed by atoms with Gasteiger partial charge in [0.05, 0.1) is 15.7 Å². The molecule has 1 atom stereocenters. The van der Waals surface area contributed by atoms with E-state index >= 15 is 0 Å². The second-order valence-corrected chi connectivity index (χ2v) is 8.43. The van der Waals surface area contributed by atoms with Crippen molar-refractivity contribution in [2.45, 2.75) is 19.9 Å². The molecule has 5 rings (SSSR count). The Hall–Kier alpha value is -3.71. The second kappa shape index (κ2) is 8.43. The number of hydrogen-bond acceptors (Lipinski definition) is 6. The lowest BCUT2D eigenvalue weighted by molar-refractivity contribution is 0.587. The minimum Gasteiger partial charge on any atom is -0.363 e. The van der Waals surface area contributed by atoms with Crippen LogP contribution in [0.3, 0.4) is 0 Å². The van der Waals surface area contributed by atoms with Gasteiger partial charge in [-0.2, -0.15) is 4.39 Å². The SMILES string of the molecule is Cc1ncc(-c2ccc3ncsc3c2)c(NC(C)c2cccc(-c3cccnc3F)c2)n1. The highest BCUT2D eigenvalue weighted by molar-refractivity contribution is 7.16. The zero-order chi connectivity index (χ0) is 22.1. The van der Waals surface area contributed by atoms with Crippen molar-refractivity contribution in [1.29, 1.82) is 0 Å². The van der Waals surface area contributed by atoms with Crippen LogP contribution in [0.25, 0.3) is 32.5 Å². The van der Waals surface area contributed by atoms with Crippen LogP contribution in [-0.4, -0.2) is 19.9 Å². The van der Waals surface area contributed by atoms with Gasteiger partial charge in [0.2, 0.25) is 5.95 Å². The number of hydrogen-bond donors (Lipinski definition) is 1. The van der Waals surface area contributed by atoms with Gasteiger partial charge in [0.25, 0.3) is 0 Å². The topological polar surface area (TPSA) is 63.6 Å². The van der Waals surface area contributed by atoms with E-state index < -0.39 is 5.95 Å². The van der Waals surface area contributed by atoms with Crippen molar-refractivity contribution in [3.63, 3.8) is 0 Å². The quantitative estimate of drug-likeness (QED) is 0.318. The molecule has 0 saturated carbocycles. The molecule has 5 aromatic rings. The average Bonchev–Trinajstić information content (AvgIpc) is 3.27. The third kappa shape index (κ3) is 3.94. The van der Waals surface area contributed by atoms with Crippen LogP contribution in [0.1, 0.15) is 24.4 Å². The number of aryl methyl sites for hydroxylation is 1. The molecule has 0 saturated heterocycles. The molecule has 7 heteroatoms. The number of fused-ring (bicyclic) bond motifs is 1. The summed E-state index contributed by atoms with van der Waals surface area (Å²) in [5, 5.41) is 3.53. The first kappa shape index (κ1) is 20.2. The Balaban J connectivity index is 1.48. The van der Waals surface area contributed by atoms with Crippen molar-refractivity contribution >= 4 is 27.4 Å². The number of benzene rings is 2. The fourth-order valence-electron chi connectivity index (χ4n) is 3.68. The summed E-state index contributed by atoms with van der Waals surface area (Å²) in [6, 6.07) is 17.4. The van der Waals surface area contributed by atoms with Gasteiger partial charge in [-0.05, 0) is 60.9 Å². The lowest BCUT2D eigenvalue weighted by Gasteiger charge is -2.19. The maximum atomic E-state index is 14.2. The highest BCUT2D eigenvalue weighted by Crippen LogP contribution is 2.32. The number of pyridine rings is 1. The van der Waals surface area contributed by atoms with Crippen molar-refractivity contribution in [2.75, 3.05) is 5.32 Å². The fourth-order valence-corrected chi connectivity index (χ4v) is 4.40. The van der Waals surface area contributed by atoms with E-state index in [1.54, 1.807) is 23.5 Å². The van der Waals surface area contributed by atoms with Crippen LogP contribution < -0.4 is 5.32 Å². The molecule has 0 bridgehead atoms. The number of rotatable bonds is 5. The highest BCUT2D eigenvalue weighted by Gasteiger charge is 2.15. The van der Waals surface area contributed by atoms with Crippen molar-refractivity contribution in [3.05, 3.63) is 89.8 Å². The zero-order valence-electron chi connectivity index (χ0n) is 17.6. The molecule has 0 fully saturated rings. The van der Waals surface area contributed by atoms with Gasteiger partial charge in [-0.15, -0.1) is 11.3 Å². The smallest absolute Gasteiger partial charge is 0.220 e. The molecule has 0 radical (unpaired) electrons. The molecule has 0 amide bonds. The Morgan fingerprint density at radius 3 is 2.69 bits per heavy atom. The molecule has 0 aliphatic rings. The van der Waals surface area contributed by atoms with E-state index in [0.29, 0.717) is 11.4 Å². The molecule has 0 aliphatic carbocycles. The largest absolute Gasteiger partial charge is 0.363 e. The van der Waals surface area contributed by atoms with Gasteiger partial charge in [0, 0.05) is 29.6 Å². The van der Waals surface area contributed by atoms with E-state index in [2.05, 4.69) is 38.2 Å².